The maximum absolute atomic E-state index is 12.1. The number of hydrogen-bond donors (Lipinski definition) is 2. The largest absolute Gasteiger partial charge is 0.325 e. The number of benzene rings is 1. The van der Waals surface area contributed by atoms with Gasteiger partial charge in [0.1, 0.15) is 6.42 Å². The van der Waals surface area contributed by atoms with Gasteiger partial charge in [-0.1, -0.05) is 0 Å². The Balaban J connectivity index is 2.12. The molecule has 2 rings (SSSR count). The van der Waals surface area contributed by atoms with Gasteiger partial charge < -0.3 is 5.32 Å². The fourth-order valence-electron chi connectivity index (χ4n) is 1.53. The van der Waals surface area contributed by atoms with Crippen molar-refractivity contribution in [3.63, 3.8) is 0 Å². The molecule has 1 amide bonds. The zero-order chi connectivity index (χ0) is 16.0. The molecule has 2 aromatic rings. The van der Waals surface area contributed by atoms with Crippen LogP contribution in [0.2, 0.25) is 0 Å². The number of rotatable bonds is 5. The lowest BCUT2D eigenvalue weighted by atomic mass is 10.3. The number of amides is 1. The summed E-state index contributed by atoms with van der Waals surface area (Å²) in [5.74, 6) is -0.497. The number of carbonyl (C=O) groups excluding carboxylic acids is 1. The molecule has 0 saturated heterocycles. The summed E-state index contributed by atoms with van der Waals surface area (Å²) in [5.41, 5.74) is 0.398. The first-order valence-electron chi connectivity index (χ1n) is 6.08. The molecule has 9 heteroatoms. The number of carbonyl (C=O) groups is 1. The summed E-state index contributed by atoms with van der Waals surface area (Å²) < 4.78 is 26.5. The van der Waals surface area contributed by atoms with E-state index in [1.165, 1.54) is 36.7 Å². The van der Waals surface area contributed by atoms with Crippen LogP contribution in [-0.2, 0) is 14.8 Å². The van der Waals surface area contributed by atoms with Crippen molar-refractivity contribution < 1.29 is 13.2 Å². The molecule has 0 spiro atoms. The van der Waals surface area contributed by atoms with Gasteiger partial charge in [0.05, 0.1) is 11.0 Å². The fourth-order valence-corrected chi connectivity index (χ4v) is 2.48. The molecule has 2 N–H and O–H groups in total. The molecule has 0 unspecified atom stereocenters. The third-order valence-electron chi connectivity index (χ3n) is 2.48. The van der Waals surface area contributed by atoms with Crippen LogP contribution in [0.4, 0.5) is 11.6 Å². The molecule has 112 valence electrons. The first-order chi connectivity index (χ1) is 10.5. The second kappa shape index (κ2) is 6.64. The molecule has 22 heavy (non-hydrogen) atoms. The van der Waals surface area contributed by atoms with Crippen molar-refractivity contribution in [3.8, 4) is 6.07 Å². The highest BCUT2D eigenvalue weighted by Crippen LogP contribution is 2.16. The quantitative estimate of drug-likeness (QED) is 0.851. The molecule has 0 bridgehead atoms. The van der Waals surface area contributed by atoms with Gasteiger partial charge >= 0.3 is 0 Å². The van der Waals surface area contributed by atoms with E-state index >= 15 is 0 Å². The van der Waals surface area contributed by atoms with Crippen LogP contribution in [0.5, 0.6) is 0 Å². The molecule has 0 aliphatic heterocycles. The smallest absolute Gasteiger partial charge is 0.264 e. The highest BCUT2D eigenvalue weighted by Gasteiger charge is 2.15. The molecule has 0 aliphatic carbocycles. The molecule has 0 atom stereocenters. The van der Waals surface area contributed by atoms with E-state index in [-0.39, 0.29) is 17.3 Å². The van der Waals surface area contributed by atoms with Gasteiger partial charge in [0.15, 0.2) is 0 Å². The molecule has 8 nitrogen and oxygen atoms in total. The molecule has 1 aromatic heterocycles. The van der Waals surface area contributed by atoms with E-state index in [2.05, 4.69) is 20.0 Å². The Morgan fingerprint density at radius 1 is 1.18 bits per heavy atom. The van der Waals surface area contributed by atoms with Crippen molar-refractivity contribution in [1.82, 2.24) is 9.97 Å². The second-order valence-corrected chi connectivity index (χ2v) is 5.77. The first kappa shape index (κ1) is 15.4. The van der Waals surface area contributed by atoms with Crippen LogP contribution in [0.15, 0.2) is 47.6 Å². The zero-order valence-corrected chi connectivity index (χ0v) is 12.0. The summed E-state index contributed by atoms with van der Waals surface area (Å²) in [4.78, 5) is 18.8. The van der Waals surface area contributed by atoms with Crippen LogP contribution in [-0.4, -0.2) is 24.3 Å². The van der Waals surface area contributed by atoms with Crippen LogP contribution < -0.4 is 10.0 Å². The number of sulfonamides is 1. The molecule has 0 aliphatic rings. The molecular weight excluding hydrogens is 306 g/mol. The summed E-state index contributed by atoms with van der Waals surface area (Å²) in [6.07, 6.45) is 2.56. The maximum atomic E-state index is 12.1. The topological polar surface area (TPSA) is 125 Å². The van der Waals surface area contributed by atoms with Gasteiger partial charge in [-0.25, -0.2) is 23.1 Å². The number of aromatic nitrogens is 2. The van der Waals surface area contributed by atoms with E-state index in [9.17, 15) is 13.2 Å². The monoisotopic (exact) mass is 317 g/mol. The van der Waals surface area contributed by atoms with E-state index in [0.29, 0.717) is 5.69 Å². The predicted molar refractivity (Wildman–Crippen MR) is 78.1 cm³/mol. The lowest BCUT2D eigenvalue weighted by Gasteiger charge is -2.07. The minimum Gasteiger partial charge on any atom is -0.325 e. The average Bonchev–Trinajstić information content (AvgIpc) is 2.48. The van der Waals surface area contributed by atoms with Gasteiger partial charge in [-0.05, 0) is 30.3 Å². The summed E-state index contributed by atoms with van der Waals surface area (Å²) >= 11 is 0. The Bertz CT molecular complexity index is 798. The first-order valence-corrected chi connectivity index (χ1v) is 7.56. The highest BCUT2D eigenvalue weighted by atomic mass is 32.2. The third-order valence-corrected chi connectivity index (χ3v) is 3.82. The van der Waals surface area contributed by atoms with Gasteiger partial charge in [-0.15, -0.1) is 0 Å². The third kappa shape index (κ3) is 4.00. The highest BCUT2D eigenvalue weighted by molar-refractivity contribution is 7.92. The Hall–Kier alpha value is -2.99. The Labute approximate surface area is 126 Å². The van der Waals surface area contributed by atoms with Crippen LogP contribution in [0.3, 0.4) is 0 Å². The number of nitrogens with zero attached hydrogens (tertiary/aromatic N) is 3. The minimum atomic E-state index is -3.81. The number of anilines is 2. The van der Waals surface area contributed by atoms with Crippen LogP contribution in [0.1, 0.15) is 6.42 Å². The van der Waals surface area contributed by atoms with Crippen molar-refractivity contribution in [2.45, 2.75) is 11.3 Å². The zero-order valence-electron chi connectivity index (χ0n) is 11.2. The summed E-state index contributed by atoms with van der Waals surface area (Å²) in [5, 5.41) is 10.9. The van der Waals surface area contributed by atoms with E-state index in [4.69, 9.17) is 5.26 Å². The fraction of sp³-hybridized carbons (Fsp3) is 0.0769. The van der Waals surface area contributed by atoms with Gasteiger partial charge in [0.25, 0.3) is 10.0 Å². The Kier molecular flexibility index (Phi) is 4.65. The summed E-state index contributed by atoms with van der Waals surface area (Å²) in [6, 6.07) is 8.79. The molecule has 0 fully saturated rings. The number of nitriles is 1. The van der Waals surface area contributed by atoms with Crippen LogP contribution in [0.25, 0.3) is 0 Å². The van der Waals surface area contributed by atoms with E-state index in [0.717, 1.165) is 0 Å². The standard InChI is InChI=1S/C13H11N5O3S/c14-7-6-12(19)17-10-2-4-11(5-3-10)22(20,21)18-13-15-8-1-9-16-13/h1-5,8-9H,6H2,(H,17,19)(H,15,16,18). The maximum Gasteiger partial charge on any atom is 0.264 e. The average molecular weight is 317 g/mol. The number of nitrogens with one attached hydrogen (secondary N) is 2. The van der Waals surface area contributed by atoms with Crippen LogP contribution >= 0.6 is 0 Å². The van der Waals surface area contributed by atoms with E-state index < -0.39 is 15.9 Å². The SMILES string of the molecule is N#CCC(=O)Nc1ccc(S(=O)(=O)Nc2ncccn2)cc1. The van der Waals surface area contributed by atoms with Crippen molar-refractivity contribution in [1.29, 1.82) is 5.26 Å². The summed E-state index contributed by atoms with van der Waals surface area (Å²) in [6.45, 7) is 0. The van der Waals surface area contributed by atoms with Gasteiger partial charge in [0.2, 0.25) is 11.9 Å². The Morgan fingerprint density at radius 3 is 2.41 bits per heavy atom. The minimum absolute atomic E-state index is 0.00163. The Morgan fingerprint density at radius 2 is 1.82 bits per heavy atom. The van der Waals surface area contributed by atoms with Crippen molar-refractivity contribution >= 4 is 27.6 Å². The van der Waals surface area contributed by atoms with E-state index in [1.807, 2.05) is 0 Å². The number of hydrogen-bond acceptors (Lipinski definition) is 6. The lowest BCUT2D eigenvalue weighted by Crippen LogP contribution is -2.15. The molecule has 0 saturated carbocycles. The van der Waals surface area contributed by atoms with Crippen molar-refractivity contribution in [2.24, 2.45) is 0 Å². The molecule has 0 radical (unpaired) electrons. The van der Waals surface area contributed by atoms with Gasteiger partial charge in [0, 0.05) is 18.1 Å². The molecule has 1 heterocycles. The van der Waals surface area contributed by atoms with Gasteiger partial charge in [-0.2, -0.15) is 5.26 Å². The van der Waals surface area contributed by atoms with Crippen molar-refractivity contribution in [3.05, 3.63) is 42.7 Å². The molecular formula is C13H11N5O3S. The molecule has 1 aromatic carbocycles. The predicted octanol–water partition coefficient (Wildman–Crippen LogP) is 1.13. The van der Waals surface area contributed by atoms with Gasteiger partial charge in [-0.3, -0.25) is 4.79 Å². The lowest BCUT2D eigenvalue weighted by molar-refractivity contribution is -0.115. The summed E-state index contributed by atoms with van der Waals surface area (Å²) in [7, 11) is -3.81. The van der Waals surface area contributed by atoms with E-state index in [1.54, 1.807) is 12.1 Å². The van der Waals surface area contributed by atoms with Crippen LogP contribution in [0, 0.1) is 11.3 Å². The van der Waals surface area contributed by atoms with Crippen molar-refractivity contribution in [2.75, 3.05) is 10.0 Å². The normalized spacial score (nSPS) is 10.5. The second-order valence-electron chi connectivity index (χ2n) is 4.09.